The van der Waals surface area contributed by atoms with Crippen molar-refractivity contribution in [1.82, 2.24) is 55.5 Å². The Morgan fingerprint density at radius 1 is 0.845 bits per heavy atom. The van der Waals surface area contributed by atoms with Gasteiger partial charge < -0.3 is 36.2 Å². The van der Waals surface area contributed by atoms with Crippen molar-refractivity contribution in [1.29, 1.82) is 0 Å². The molecule has 3 saturated heterocycles. The lowest BCUT2D eigenvalue weighted by Gasteiger charge is -2.34. The second-order valence-corrected chi connectivity index (χ2v) is 20.4. The number of nitrogens with one attached hydrogen (secondary N) is 3. The van der Waals surface area contributed by atoms with Gasteiger partial charge in [-0.1, -0.05) is 117 Å². The number of nitrogens with two attached hydrogens (primary N) is 1. The summed E-state index contributed by atoms with van der Waals surface area (Å²) < 4.78 is 9.93. The lowest BCUT2D eigenvalue weighted by Crippen LogP contribution is -2.57. The third-order valence-electron chi connectivity index (χ3n) is 14.6. The van der Waals surface area contributed by atoms with E-state index in [0.717, 1.165) is 53.3 Å². The van der Waals surface area contributed by atoms with Gasteiger partial charge in [-0.05, 0) is 81.5 Å². The molecule has 0 radical (unpaired) electrons. The van der Waals surface area contributed by atoms with Crippen molar-refractivity contribution >= 4 is 35.4 Å². The van der Waals surface area contributed by atoms with Gasteiger partial charge in [-0.25, -0.2) is 9.67 Å². The summed E-state index contributed by atoms with van der Waals surface area (Å²) in [4.78, 5) is 65.8. The van der Waals surface area contributed by atoms with Crippen molar-refractivity contribution in [2.45, 2.75) is 157 Å². The second kappa shape index (κ2) is 24.4. The zero-order valence-electron chi connectivity index (χ0n) is 41.4. The molecule has 9 atom stereocenters. The summed E-state index contributed by atoms with van der Waals surface area (Å²) in [6, 6.07) is 27.9. The number of aromatic nitrogens is 6. The highest BCUT2D eigenvalue weighted by molar-refractivity contribution is 7.99. The molecule has 0 bridgehead atoms. The fourth-order valence-electron chi connectivity index (χ4n) is 10.2. The first-order valence-electron chi connectivity index (χ1n) is 25.4. The Bertz CT molecular complexity index is 2470. The molecule has 4 amide bonds. The molecule has 3 aliphatic heterocycles. The van der Waals surface area contributed by atoms with Gasteiger partial charge in [-0.3, -0.25) is 23.9 Å². The Balaban J connectivity index is 0.935. The normalized spacial score (nSPS) is 21.9. The molecule has 18 heteroatoms. The van der Waals surface area contributed by atoms with Crippen LogP contribution in [0.4, 0.5) is 0 Å². The van der Waals surface area contributed by atoms with Crippen LogP contribution >= 0.6 is 11.8 Å². The molecule has 8 rings (SSSR count). The summed E-state index contributed by atoms with van der Waals surface area (Å²) in [7, 11) is 0. The minimum Gasteiger partial charge on any atom is -0.369 e. The molecule has 5 N–H and O–H groups in total. The number of hydrogen-bond donors (Lipinski definition) is 4. The smallest absolute Gasteiger partial charge is 0.248 e. The number of nitrogens with zero attached hydrogens (tertiary/aromatic N) is 8. The van der Waals surface area contributed by atoms with Crippen molar-refractivity contribution in [3.8, 4) is 0 Å². The molecule has 3 fully saturated rings. The maximum atomic E-state index is 14.9. The van der Waals surface area contributed by atoms with Gasteiger partial charge in [0.25, 0.3) is 0 Å². The minimum absolute atomic E-state index is 0.0270. The first kappa shape index (κ1) is 51.4. The van der Waals surface area contributed by atoms with Crippen molar-refractivity contribution in [3.63, 3.8) is 0 Å². The Labute approximate surface area is 421 Å². The second-order valence-electron chi connectivity index (χ2n) is 19.3. The SMILES string of the molecule is CC[C@@H](C)C(=O)N[C@H](C(=O)N1CCC[C@H]1Cn1ncnc1Sc1ccccc1)[C@@H](C)OCc1cn(C[C@H]2CC[C@H]3CC[C@@H](CNC(c4ccccc4)c4ccccc4)N3C(=O)C2NC(=O)[C@@H](N)CC)nn1. The van der Waals surface area contributed by atoms with E-state index in [0.29, 0.717) is 51.1 Å². The topological polar surface area (TPSA) is 208 Å². The van der Waals surface area contributed by atoms with Crippen LogP contribution in [-0.4, -0.2) is 119 Å². The summed E-state index contributed by atoms with van der Waals surface area (Å²) >= 11 is 1.52. The highest BCUT2D eigenvalue weighted by Gasteiger charge is 2.46. The monoisotopic (exact) mass is 987 g/mol. The molecular formula is C53H70N12O5S. The summed E-state index contributed by atoms with van der Waals surface area (Å²) in [6.45, 7) is 9.40. The first-order chi connectivity index (χ1) is 34.5. The lowest BCUT2D eigenvalue weighted by molar-refractivity contribution is -0.143. The van der Waals surface area contributed by atoms with Crippen LogP contribution in [0.3, 0.4) is 0 Å². The van der Waals surface area contributed by atoms with Gasteiger partial charge >= 0.3 is 0 Å². The van der Waals surface area contributed by atoms with Crippen LogP contribution in [0.5, 0.6) is 0 Å². The van der Waals surface area contributed by atoms with Crippen molar-refractivity contribution in [2.24, 2.45) is 17.6 Å². The number of carbonyl (C=O) groups excluding carboxylic acids is 4. The molecule has 0 aliphatic carbocycles. The lowest BCUT2D eigenvalue weighted by atomic mass is 9.92. The zero-order chi connectivity index (χ0) is 49.9. The predicted octanol–water partition coefficient (Wildman–Crippen LogP) is 5.52. The number of fused-ring (bicyclic) bond motifs is 1. The van der Waals surface area contributed by atoms with Crippen LogP contribution in [0.25, 0.3) is 0 Å². The van der Waals surface area contributed by atoms with Crippen LogP contribution in [-0.2, 0) is 43.6 Å². The van der Waals surface area contributed by atoms with Crippen LogP contribution in [0.15, 0.2) is 114 Å². The fourth-order valence-corrected chi connectivity index (χ4v) is 11.0. The summed E-state index contributed by atoms with van der Waals surface area (Å²) in [6.07, 6.45) is 8.46. The van der Waals surface area contributed by atoms with E-state index in [1.807, 2.05) is 102 Å². The molecule has 3 aliphatic rings. The van der Waals surface area contributed by atoms with E-state index in [9.17, 15) is 19.2 Å². The molecular weight excluding hydrogens is 917 g/mol. The summed E-state index contributed by atoms with van der Waals surface area (Å²) in [5.74, 6) is -1.47. The molecule has 0 saturated carbocycles. The average Bonchev–Trinajstić information content (AvgIpc) is 4.23. The number of rotatable bonds is 22. The highest BCUT2D eigenvalue weighted by Crippen LogP contribution is 2.35. The number of hydrogen-bond acceptors (Lipinski definition) is 12. The Kier molecular flexibility index (Phi) is 17.7. The van der Waals surface area contributed by atoms with Crippen molar-refractivity contribution < 1.29 is 23.9 Å². The number of amides is 4. The zero-order valence-corrected chi connectivity index (χ0v) is 42.2. The van der Waals surface area contributed by atoms with Crippen LogP contribution in [0, 0.1) is 11.8 Å². The van der Waals surface area contributed by atoms with Crippen molar-refractivity contribution in [2.75, 3.05) is 13.1 Å². The Morgan fingerprint density at radius 2 is 1.54 bits per heavy atom. The number of carbonyl (C=O) groups is 4. The largest absolute Gasteiger partial charge is 0.369 e. The van der Waals surface area contributed by atoms with E-state index in [2.05, 4.69) is 60.6 Å². The van der Waals surface area contributed by atoms with Gasteiger partial charge in [0.2, 0.25) is 23.6 Å². The Hall–Kier alpha value is -5.95. The molecule has 5 aromatic rings. The van der Waals surface area contributed by atoms with Gasteiger partial charge in [0.15, 0.2) is 5.16 Å². The molecule has 1 unspecified atom stereocenters. The molecule has 2 aromatic heterocycles. The van der Waals surface area contributed by atoms with Gasteiger partial charge in [0, 0.05) is 48.4 Å². The minimum atomic E-state index is -0.951. The third-order valence-corrected chi connectivity index (χ3v) is 15.6. The van der Waals surface area contributed by atoms with Gasteiger partial charge in [0.05, 0.1) is 43.6 Å². The van der Waals surface area contributed by atoms with E-state index >= 15 is 0 Å². The average molecular weight is 987 g/mol. The summed E-state index contributed by atoms with van der Waals surface area (Å²) in [5, 5.41) is 24.1. The van der Waals surface area contributed by atoms with Crippen LogP contribution in [0.1, 0.15) is 102 Å². The quantitative estimate of drug-likeness (QED) is 0.0677. The molecule has 17 nitrogen and oxygen atoms in total. The summed E-state index contributed by atoms with van der Waals surface area (Å²) in [5.41, 5.74) is 9.06. The number of likely N-dealkylation sites (tertiary alicyclic amines) is 1. The highest BCUT2D eigenvalue weighted by atomic mass is 32.2. The van der Waals surface area contributed by atoms with E-state index < -0.39 is 24.2 Å². The molecule has 0 spiro atoms. The van der Waals surface area contributed by atoms with Crippen LogP contribution < -0.4 is 21.7 Å². The standard InChI is InChI=1S/C53H70N12O5S/c1-5-35(3)49(66)58-46(51(68)63-28-16-21-43(63)32-64-53(56-34-57-64)71-44-22-14-9-15-23-44)36(4)70-33-40-31-62(61-60-40)30-39-24-25-41-26-27-42(65(41)52(69)48(39)59-50(67)45(54)6-2)29-55-47(37-17-10-7-11-18-37)38-19-12-8-13-20-38/h7-15,17-20,22-23,31,34-36,39,41-43,45-48,55H,5-6,16,21,24-30,32-33,54H2,1-4H3,(H,58,66)(H,59,67)/t35-,36-,39-,41+,42+,43+,45+,46+,48?/m1/s1. The fraction of sp³-hybridized carbons (Fsp3) is 0.509. The molecule has 71 heavy (non-hydrogen) atoms. The first-order valence-corrected chi connectivity index (χ1v) is 26.3. The van der Waals surface area contributed by atoms with E-state index in [1.165, 1.54) is 18.1 Å². The molecule has 3 aromatic carbocycles. The Morgan fingerprint density at radius 3 is 2.23 bits per heavy atom. The van der Waals surface area contributed by atoms with Gasteiger partial charge in [0.1, 0.15) is 24.1 Å². The van der Waals surface area contributed by atoms with E-state index in [4.69, 9.17) is 10.5 Å². The number of benzene rings is 3. The maximum absolute atomic E-state index is 14.9. The predicted molar refractivity (Wildman–Crippen MR) is 270 cm³/mol. The van der Waals surface area contributed by atoms with Crippen molar-refractivity contribution in [3.05, 3.63) is 120 Å². The maximum Gasteiger partial charge on any atom is 0.248 e. The van der Waals surface area contributed by atoms with Gasteiger partial charge in [-0.15, -0.1) is 5.10 Å². The van der Waals surface area contributed by atoms with Crippen LogP contribution in [0.2, 0.25) is 0 Å². The van der Waals surface area contributed by atoms with Gasteiger partial charge in [-0.2, -0.15) is 5.10 Å². The van der Waals surface area contributed by atoms with E-state index in [1.54, 1.807) is 17.8 Å². The molecule has 5 heterocycles. The third kappa shape index (κ3) is 12.8. The number of ether oxygens (including phenoxy) is 1. The molecule has 378 valence electrons. The van der Waals surface area contributed by atoms with E-state index in [-0.39, 0.29) is 66.2 Å².